The first kappa shape index (κ1) is 29.4. The summed E-state index contributed by atoms with van der Waals surface area (Å²) in [5, 5.41) is 11.4. The van der Waals surface area contributed by atoms with Crippen LogP contribution in [0, 0.1) is 29.2 Å². The Hall–Kier alpha value is -4.11. The molecule has 1 aromatic heterocycles. The highest BCUT2D eigenvalue weighted by Crippen LogP contribution is 2.44. The summed E-state index contributed by atoms with van der Waals surface area (Å²) in [6.45, 7) is 1.34. The molecule has 42 heavy (non-hydrogen) atoms. The Morgan fingerprint density at radius 2 is 1.76 bits per heavy atom. The number of aromatic nitrogens is 1. The average molecular weight is 582 g/mol. The second kappa shape index (κ2) is 12.4. The second-order valence-electron chi connectivity index (χ2n) is 10.5. The van der Waals surface area contributed by atoms with Crippen molar-refractivity contribution in [2.75, 3.05) is 13.7 Å². The number of carbonyl (C=O) groups is 1. The van der Waals surface area contributed by atoms with Gasteiger partial charge in [0.05, 0.1) is 12.8 Å². The molecule has 2 N–H and O–H groups in total. The van der Waals surface area contributed by atoms with Crippen molar-refractivity contribution in [1.29, 1.82) is 0 Å². The zero-order chi connectivity index (χ0) is 30.0. The Kier molecular flexibility index (Phi) is 8.68. The van der Waals surface area contributed by atoms with Crippen LogP contribution >= 0.6 is 0 Å². The number of methoxy groups -OCH3 is 1. The van der Waals surface area contributed by atoms with E-state index in [2.05, 4.69) is 4.98 Å². The minimum atomic E-state index is -1.74. The summed E-state index contributed by atoms with van der Waals surface area (Å²) in [6, 6.07) is 12.9. The van der Waals surface area contributed by atoms with E-state index in [4.69, 9.17) is 9.47 Å². The Bertz CT molecular complexity index is 1590. The predicted octanol–water partition coefficient (Wildman–Crippen LogP) is 7.70. The van der Waals surface area contributed by atoms with Crippen LogP contribution in [0.3, 0.4) is 0 Å². The molecule has 1 aliphatic carbocycles. The first-order chi connectivity index (χ1) is 20.2. The van der Waals surface area contributed by atoms with Gasteiger partial charge in [-0.1, -0.05) is 31.9 Å². The third-order valence-corrected chi connectivity index (χ3v) is 7.59. The number of carbonyl (C=O) groups excluding carboxylic acids is 1. The monoisotopic (exact) mass is 581 g/mol. The lowest BCUT2D eigenvalue weighted by Gasteiger charge is -2.18. The van der Waals surface area contributed by atoms with Gasteiger partial charge < -0.3 is 19.6 Å². The molecule has 0 radical (unpaired) electrons. The van der Waals surface area contributed by atoms with Gasteiger partial charge in [-0.3, -0.25) is 4.79 Å². The van der Waals surface area contributed by atoms with Crippen LogP contribution in [0.1, 0.15) is 55.5 Å². The first-order valence-corrected chi connectivity index (χ1v) is 13.9. The van der Waals surface area contributed by atoms with Crippen LogP contribution in [0.2, 0.25) is 0 Å². The fourth-order valence-electron chi connectivity index (χ4n) is 5.09. The van der Waals surface area contributed by atoms with Crippen LogP contribution < -0.4 is 9.47 Å². The van der Waals surface area contributed by atoms with Gasteiger partial charge in [0.2, 0.25) is 0 Å². The maximum absolute atomic E-state index is 15.4. The zero-order valence-electron chi connectivity index (χ0n) is 23.3. The van der Waals surface area contributed by atoms with E-state index in [0.29, 0.717) is 40.8 Å². The van der Waals surface area contributed by atoms with Gasteiger partial charge >= 0.3 is 0 Å². The van der Waals surface area contributed by atoms with Gasteiger partial charge in [0, 0.05) is 34.4 Å². The highest BCUT2D eigenvalue weighted by molar-refractivity contribution is 5.82. The smallest absolute Gasteiger partial charge is 0.170 e. The molecule has 220 valence electrons. The number of H-pyrrole nitrogens is 1. The van der Waals surface area contributed by atoms with E-state index in [0.717, 1.165) is 19.3 Å². The van der Waals surface area contributed by atoms with Crippen molar-refractivity contribution in [2.24, 2.45) is 5.92 Å². The van der Waals surface area contributed by atoms with Crippen LogP contribution in [-0.2, 0) is 11.2 Å². The van der Waals surface area contributed by atoms with E-state index in [-0.39, 0.29) is 36.0 Å². The number of para-hydroxylation sites is 1. The van der Waals surface area contributed by atoms with Crippen molar-refractivity contribution < 1.29 is 36.9 Å². The number of ketones is 1. The Labute approximate surface area is 241 Å². The molecule has 1 aliphatic rings. The molecule has 9 heteroatoms. The van der Waals surface area contributed by atoms with Gasteiger partial charge in [-0.2, -0.15) is 0 Å². The van der Waals surface area contributed by atoms with Gasteiger partial charge in [-0.05, 0) is 66.8 Å². The van der Waals surface area contributed by atoms with Crippen LogP contribution in [0.15, 0.2) is 54.6 Å². The van der Waals surface area contributed by atoms with E-state index >= 15 is 4.39 Å². The minimum Gasteiger partial charge on any atom is -0.492 e. The summed E-state index contributed by atoms with van der Waals surface area (Å²) >= 11 is 0. The standard InChI is InChI=1S/C33H31F4NO4/c1-3-22-29(36)25(15-26(35)30(22)37)32(40)31-24(16-27(38-31)19-10-12-20(34)13-11-19)23-5-4-6-28(33(23)41-2)42-17-21(39)14-9-18-7-8-18/h4-6,10-13,15-16,18,32,38,40H,3,7-9,14,17H2,1-2H3. The van der Waals surface area contributed by atoms with E-state index in [1.807, 2.05) is 0 Å². The molecule has 0 amide bonds. The van der Waals surface area contributed by atoms with E-state index in [1.54, 1.807) is 24.3 Å². The summed E-state index contributed by atoms with van der Waals surface area (Å²) < 4.78 is 69.3. The lowest BCUT2D eigenvalue weighted by atomic mass is 9.95. The van der Waals surface area contributed by atoms with Crippen molar-refractivity contribution in [1.82, 2.24) is 4.98 Å². The summed E-state index contributed by atoms with van der Waals surface area (Å²) in [4.78, 5) is 15.5. The number of nitrogens with one attached hydrogen (secondary N) is 1. The largest absolute Gasteiger partial charge is 0.492 e. The molecule has 0 spiro atoms. The average Bonchev–Trinajstić information content (AvgIpc) is 3.72. The third-order valence-electron chi connectivity index (χ3n) is 7.59. The zero-order valence-corrected chi connectivity index (χ0v) is 23.3. The van der Waals surface area contributed by atoms with Gasteiger partial charge in [0.1, 0.15) is 24.3 Å². The first-order valence-electron chi connectivity index (χ1n) is 13.9. The number of hydrogen-bond donors (Lipinski definition) is 2. The number of aliphatic hydroxyl groups is 1. The number of rotatable bonds is 12. The van der Waals surface area contributed by atoms with Crippen LogP contribution in [0.25, 0.3) is 22.4 Å². The van der Waals surface area contributed by atoms with Gasteiger partial charge in [0.15, 0.2) is 28.9 Å². The van der Waals surface area contributed by atoms with E-state index < -0.39 is 40.5 Å². The molecule has 5 rings (SSSR count). The molecule has 0 bridgehead atoms. The van der Waals surface area contributed by atoms with Crippen molar-refractivity contribution in [2.45, 2.75) is 45.1 Å². The lowest BCUT2D eigenvalue weighted by molar-refractivity contribution is -0.121. The normalized spacial score (nSPS) is 13.7. The van der Waals surface area contributed by atoms with E-state index in [9.17, 15) is 23.1 Å². The molecule has 1 saturated carbocycles. The number of hydrogen-bond acceptors (Lipinski definition) is 4. The number of benzene rings is 3. The Morgan fingerprint density at radius 3 is 2.43 bits per heavy atom. The maximum Gasteiger partial charge on any atom is 0.170 e. The minimum absolute atomic E-state index is 0.0359. The number of aliphatic hydroxyl groups excluding tert-OH is 1. The SMILES string of the molecule is CCc1c(F)c(F)cc(C(O)c2[nH]c(-c3ccc(F)cc3)cc2-c2cccc(OCC(=O)CCC3CC3)c2OC)c1F. The quantitative estimate of drug-likeness (QED) is 0.133. The van der Waals surface area contributed by atoms with Gasteiger partial charge in [-0.15, -0.1) is 0 Å². The van der Waals surface area contributed by atoms with Gasteiger partial charge in [-0.25, -0.2) is 17.6 Å². The third kappa shape index (κ3) is 6.06. The highest BCUT2D eigenvalue weighted by atomic mass is 19.2. The fraction of sp³-hybridized carbons (Fsp3) is 0.303. The fourth-order valence-corrected chi connectivity index (χ4v) is 5.09. The molecule has 0 aliphatic heterocycles. The topological polar surface area (TPSA) is 71.5 Å². The highest BCUT2D eigenvalue weighted by Gasteiger charge is 2.28. The van der Waals surface area contributed by atoms with Crippen LogP contribution in [0.5, 0.6) is 11.5 Å². The summed E-state index contributed by atoms with van der Waals surface area (Å²) in [5.41, 5.74) is 0.925. The van der Waals surface area contributed by atoms with Crippen LogP contribution in [0.4, 0.5) is 17.6 Å². The number of Topliss-reactive ketones (excluding diaryl/α,β-unsaturated/α-hetero) is 1. The molecule has 4 aromatic rings. The molecular formula is C33H31F4NO4. The second-order valence-corrected chi connectivity index (χ2v) is 10.5. The van der Waals surface area contributed by atoms with Crippen LogP contribution in [-0.4, -0.2) is 29.6 Å². The maximum atomic E-state index is 15.4. The van der Waals surface area contributed by atoms with Crippen molar-refractivity contribution >= 4 is 5.78 Å². The molecule has 1 fully saturated rings. The molecule has 3 aromatic carbocycles. The summed E-state index contributed by atoms with van der Waals surface area (Å²) in [6.07, 6.45) is 1.72. The number of aromatic amines is 1. The lowest BCUT2D eigenvalue weighted by Crippen LogP contribution is -2.12. The molecule has 5 nitrogen and oxygen atoms in total. The number of halogens is 4. The number of ether oxygens (including phenoxy) is 2. The molecule has 1 atom stereocenters. The van der Waals surface area contributed by atoms with E-state index in [1.165, 1.54) is 38.3 Å². The summed E-state index contributed by atoms with van der Waals surface area (Å²) in [5.74, 6) is -2.96. The Balaban J connectivity index is 1.58. The predicted molar refractivity (Wildman–Crippen MR) is 150 cm³/mol. The molecular weight excluding hydrogens is 550 g/mol. The van der Waals surface area contributed by atoms with Gasteiger partial charge in [0.25, 0.3) is 0 Å². The molecule has 1 heterocycles. The van der Waals surface area contributed by atoms with Crippen molar-refractivity contribution in [3.8, 4) is 33.9 Å². The molecule has 0 saturated heterocycles. The Morgan fingerprint density at radius 1 is 1.02 bits per heavy atom. The molecule has 1 unspecified atom stereocenters. The summed E-state index contributed by atoms with van der Waals surface area (Å²) in [7, 11) is 1.42. The van der Waals surface area contributed by atoms with Crippen molar-refractivity contribution in [3.63, 3.8) is 0 Å². The van der Waals surface area contributed by atoms with Crippen molar-refractivity contribution in [3.05, 3.63) is 94.7 Å².